The van der Waals surface area contributed by atoms with Crippen molar-refractivity contribution in [3.8, 4) is 0 Å². The zero-order valence-corrected chi connectivity index (χ0v) is 15.2. The molecule has 1 aromatic carbocycles. The third-order valence-electron chi connectivity index (χ3n) is 6.65. The second kappa shape index (κ2) is 6.90. The molecule has 0 radical (unpaired) electrons. The van der Waals surface area contributed by atoms with Crippen LogP contribution >= 0.6 is 0 Å². The Kier molecular flexibility index (Phi) is 4.60. The molecule has 0 saturated heterocycles. The number of hydrogen-bond acceptors (Lipinski definition) is 2. The van der Waals surface area contributed by atoms with Crippen LogP contribution < -0.4 is 11.1 Å². The summed E-state index contributed by atoms with van der Waals surface area (Å²) in [5.74, 6) is 1.72. The molecule has 4 saturated carbocycles. The largest absolute Gasteiger partial charge is 0.368 e. The molecule has 4 bridgehead atoms. The van der Waals surface area contributed by atoms with Crippen LogP contribution in [0, 0.1) is 23.2 Å². The van der Waals surface area contributed by atoms with Crippen LogP contribution in [-0.4, -0.2) is 17.9 Å². The van der Waals surface area contributed by atoms with Crippen molar-refractivity contribution in [2.24, 2.45) is 28.9 Å². The second-order valence-corrected chi connectivity index (χ2v) is 8.68. The van der Waals surface area contributed by atoms with E-state index in [0.29, 0.717) is 24.2 Å². The number of benzene rings is 1. The molecule has 3 N–H and O–H groups in total. The minimum absolute atomic E-state index is 0.0634. The predicted molar refractivity (Wildman–Crippen MR) is 102 cm³/mol. The van der Waals surface area contributed by atoms with Crippen LogP contribution in [0.3, 0.4) is 0 Å². The molecule has 0 heterocycles. The van der Waals surface area contributed by atoms with Gasteiger partial charge >= 0.3 is 0 Å². The molecule has 0 unspecified atom stereocenters. The summed E-state index contributed by atoms with van der Waals surface area (Å²) >= 11 is 0. The van der Waals surface area contributed by atoms with E-state index in [2.05, 4.69) is 5.32 Å². The highest BCUT2D eigenvalue weighted by Crippen LogP contribution is 2.60. The molecule has 0 spiro atoms. The maximum absolute atomic E-state index is 13.1. The molecule has 0 aliphatic heterocycles. The number of amides is 2. The van der Waals surface area contributed by atoms with Gasteiger partial charge in [-0.15, -0.1) is 0 Å². The van der Waals surface area contributed by atoms with Crippen LogP contribution in [0.2, 0.25) is 0 Å². The van der Waals surface area contributed by atoms with E-state index in [1.165, 1.54) is 19.3 Å². The van der Waals surface area contributed by atoms with Gasteiger partial charge in [0.05, 0.1) is 0 Å². The summed E-state index contributed by atoms with van der Waals surface area (Å²) in [5.41, 5.74) is 6.40. The molecule has 2 amide bonds. The Morgan fingerprint density at radius 1 is 1.08 bits per heavy atom. The highest BCUT2D eigenvalue weighted by atomic mass is 16.2. The zero-order valence-electron chi connectivity index (χ0n) is 15.2. The van der Waals surface area contributed by atoms with E-state index in [4.69, 9.17) is 5.73 Å². The van der Waals surface area contributed by atoms with Crippen molar-refractivity contribution in [3.05, 3.63) is 42.0 Å². The first-order chi connectivity index (χ1) is 12.5. The van der Waals surface area contributed by atoms with E-state index in [9.17, 15) is 9.59 Å². The average molecular weight is 352 g/mol. The van der Waals surface area contributed by atoms with Gasteiger partial charge in [-0.1, -0.05) is 42.5 Å². The first kappa shape index (κ1) is 17.3. The molecular weight excluding hydrogens is 324 g/mol. The molecule has 138 valence electrons. The van der Waals surface area contributed by atoms with Crippen molar-refractivity contribution in [3.63, 3.8) is 0 Å². The fourth-order valence-corrected chi connectivity index (χ4v) is 5.85. The van der Waals surface area contributed by atoms with Gasteiger partial charge in [0.25, 0.3) is 0 Å². The Balaban J connectivity index is 1.41. The summed E-state index contributed by atoms with van der Waals surface area (Å²) in [5, 5.41) is 3.00. The van der Waals surface area contributed by atoms with Crippen molar-refractivity contribution in [2.75, 3.05) is 0 Å². The van der Waals surface area contributed by atoms with Gasteiger partial charge < -0.3 is 11.1 Å². The first-order valence-electron chi connectivity index (χ1n) is 9.86. The molecule has 5 rings (SSSR count). The quantitative estimate of drug-likeness (QED) is 0.825. The summed E-state index contributed by atoms with van der Waals surface area (Å²) in [6, 6.07) is 9.29. The van der Waals surface area contributed by atoms with E-state index in [0.717, 1.165) is 24.8 Å². The SMILES string of the molecule is NC(=O)[C@@H](C/C=C/c1ccccc1)NC(=O)C12CC3CC(CC(C3)C1)C2. The molecule has 4 aliphatic rings. The van der Waals surface area contributed by atoms with Crippen molar-refractivity contribution in [2.45, 2.75) is 51.0 Å². The van der Waals surface area contributed by atoms with Crippen LogP contribution in [0.5, 0.6) is 0 Å². The number of primary amides is 1. The van der Waals surface area contributed by atoms with Crippen molar-refractivity contribution < 1.29 is 9.59 Å². The number of carbonyl (C=O) groups excluding carboxylic acids is 2. The van der Waals surface area contributed by atoms with Gasteiger partial charge in [0.15, 0.2) is 0 Å². The number of rotatable bonds is 6. The average Bonchev–Trinajstić information content (AvgIpc) is 2.60. The van der Waals surface area contributed by atoms with Crippen LogP contribution in [0.15, 0.2) is 36.4 Å². The van der Waals surface area contributed by atoms with E-state index in [1.54, 1.807) is 0 Å². The van der Waals surface area contributed by atoms with Crippen molar-refractivity contribution in [1.82, 2.24) is 5.32 Å². The molecule has 1 atom stereocenters. The normalized spacial score (nSPS) is 33.3. The summed E-state index contributed by atoms with van der Waals surface area (Å²) < 4.78 is 0. The third kappa shape index (κ3) is 3.42. The van der Waals surface area contributed by atoms with E-state index in [1.807, 2.05) is 42.5 Å². The smallest absolute Gasteiger partial charge is 0.240 e. The number of hydrogen-bond donors (Lipinski definition) is 2. The molecule has 4 nitrogen and oxygen atoms in total. The monoisotopic (exact) mass is 352 g/mol. The van der Waals surface area contributed by atoms with E-state index in [-0.39, 0.29) is 11.3 Å². The zero-order chi connectivity index (χ0) is 18.1. The lowest BCUT2D eigenvalue weighted by molar-refractivity contribution is -0.148. The van der Waals surface area contributed by atoms with Gasteiger partial charge in [-0.05, 0) is 68.3 Å². The van der Waals surface area contributed by atoms with Gasteiger partial charge in [-0.25, -0.2) is 0 Å². The Morgan fingerprint density at radius 2 is 1.65 bits per heavy atom. The van der Waals surface area contributed by atoms with Gasteiger partial charge in [0.1, 0.15) is 6.04 Å². The lowest BCUT2D eigenvalue weighted by Gasteiger charge is -2.55. The summed E-state index contributed by atoms with van der Waals surface area (Å²) in [6.45, 7) is 0. The van der Waals surface area contributed by atoms with Crippen molar-refractivity contribution in [1.29, 1.82) is 0 Å². The molecule has 4 aliphatic carbocycles. The van der Waals surface area contributed by atoms with Crippen LogP contribution in [0.1, 0.15) is 50.5 Å². The molecule has 0 aromatic heterocycles. The second-order valence-electron chi connectivity index (χ2n) is 8.68. The van der Waals surface area contributed by atoms with Gasteiger partial charge in [-0.2, -0.15) is 0 Å². The number of nitrogens with two attached hydrogens (primary N) is 1. The molecule has 26 heavy (non-hydrogen) atoms. The molecule has 4 heteroatoms. The number of nitrogens with one attached hydrogen (secondary N) is 1. The fourth-order valence-electron chi connectivity index (χ4n) is 5.85. The molecule has 4 fully saturated rings. The minimum Gasteiger partial charge on any atom is -0.368 e. The minimum atomic E-state index is -0.629. The van der Waals surface area contributed by atoms with Crippen LogP contribution in [0.25, 0.3) is 6.08 Å². The maximum Gasteiger partial charge on any atom is 0.240 e. The van der Waals surface area contributed by atoms with Gasteiger partial charge in [-0.3, -0.25) is 9.59 Å². The van der Waals surface area contributed by atoms with Crippen LogP contribution in [-0.2, 0) is 9.59 Å². The Bertz CT molecular complexity index is 675. The predicted octanol–water partition coefficient (Wildman–Crippen LogP) is 3.28. The van der Waals surface area contributed by atoms with Gasteiger partial charge in [0, 0.05) is 5.41 Å². The van der Waals surface area contributed by atoms with E-state index < -0.39 is 11.9 Å². The Hall–Kier alpha value is -2.10. The third-order valence-corrected chi connectivity index (χ3v) is 6.65. The lowest BCUT2D eigenvalue weighted by Crippen LogP contribution is -2.56. The maximum atomic E-state index is 13.1. The number of carbonyl (C=O) groups is 2. The van der Waals surface area contributed by atoms with E-state index >= 15 is 0 Å². The highest BCUT2D eigenvalue weighted by Gasteiger charge is 2.54. The summed E-state index contributed by atoms with van der Waals surface area (Å²) in [4.78, 5) is 25.0. The molecular formula is C22H28N2O2. The topological polar surface area (TPSA) is 72.2 Å². The van der Waals surface area contributed by atoms with Gasteiger partial charge in [0.2, 0.25) is 11.8 Å². The molecule has 1 aromatic rings. The van der Waals surface area contributed by atoms with Crippen LogP contribution in [0.4, 0.5) is 0 Å². The van der Waals surface area contributed by atoms with Crippen molar-refractivity contribution >= 4 is 17.9 Å². The Labute approximate surface area is 155 Å². The Morgan fingerprint density at radius 3 is 2.19 bits per heavy atom. The summed E-state index contributed by atoms with van der Waals surface area (Å²) in [7, 11) is 0. The summed E-state index contributed by atoms with van der Waals surface area (Å²) in [6.07, 6.45) is 11.2. The highest BCUT2D eigenvalue weighted by molar-refractivity contribution is 5.89. The standard InChI is InChI=1S/C22H28N2O2/c23-20(25)19(8-4-7-15-5-2-1-3-6-15)24-21(26)22-12-16-9-17(13-22)11-18(10-16)14-22/h1-7,16-19H,8-14H2,(H2,23,25)(H,24,26)/b7-4+/t16?,17?,18?,19-,22?/m1/s1. The lowest BCUT2D eigenvalue weighted by atomic mass is 9.49. The first-order valence-corrected chi connectivity index (χ1v) is 9.86. The fraction of sp³-hybridized carbons (Fsp3) is 0.545.